The van der Waals surface area contributed by atoms with Gasteiger partial charge in [0, 0.05) is 6.42 Å². The van der Waals surface area contributed by atoms with Gasteiger partial charge in [-0.05, 0) is 51.3 Å². The molecule has 1 aromatic carbocycles. The molecule has 0 radical (unpaired) electrons. The van der Waals surface area contributed by atoms with E-state index in [2.05, 4.69) is 15.9 Å². The molecule has 0 aliphatic rings. The average Bonchev–Trinajstić information content (AvgIpc) is 2.72. The van der Waals surface area contributed by atoms with Crippen molar-refractivity contribution >= 4 is 27.5 Å². The molecule has 17 heavy (non-hydrogen) atoms. The van der Waals surface area contributed by atoms with Crippen molar-refractivity contribution in [1.29, 1.82) is 0 Å². The smallest absolute Gasteiger partial charge is 0.193 e. The number of furan rings is 1. The van der Waals surface area contributed by atoms with E-state index in [0.717, 1.165) is 0 Å². The normalized spacial score (nSPS) is 12.7. The third kappa shape index (κ3) is 2.89. The molecule has 1 unspecified atom stereocenters. The van der Waals surface area contributed by atoms with E-state index >= 15 is 0 Å². The topological polar surface area (TPSA) is 33.4 Å². The lowest BCUT2D eigenvalue weighted by Crippen LogP contribution is -2.01. The first-order valence-electron chi connectivity index (χ1n) is 4.94. The Labute approximate surface area is 111 Å². The minimum Gasteiger partial charge on any atom is -0.447 e. The van der Waals surface area contributed by atoms with Crippen molar-refractivity contribution < 1.29 is 13.9 Å². The van der Waals surface area contributed by atoms with Gasteiger partial charge in [0.15, 0.2) is 5.22 Å². The Morgan fingerprint density at radius 1 is 1.35 bits per heavy atom. The van der Waals surface area contributed by atoms with Crippen molar-refractivity contribution in [3.8, 4) is 0 Å². The molecule has 0 saturated heterocycles. The Morgan fingerprint density at radius 3 is 2.76 bits per heavy atom. The van der Waals surface area contributed by atoms with E-state index in [-0.39, 0.29) is 17.5 Å². The molecule has 2 rings (SSSR count). The van der Waals surface area contributed by atoms with Crippen molar-refractivity contribution in [2.45, 2.75) is 12.5 Å². The molecule has 2 nitrogen and oxygen atoms in total. The lowest BCUT2D eigenvalue weighted by Gasteiger charge is -2.09. The highest BCUT2D eigenvalue weighted by Crippen LogP contribution is 2.27. The second-order valence-corrected chi connectivity index (χ2v) is 4.74. The number of rotatable bonds is 3. The molecule has 0 bridgehead atoms. The van der Waals surface area contributed by atoms with Gasteiger partial charge in [-0.15, -0.1) is 0 Å². The van der Waals surface area contributed by atoms with E-state index in [9.17, 15) is 9.50 Å². The maximum absolute atomic E-state index is 13.3. The number of aliphatic hydroxyl groups excluding tert-OH is 1. The predicted octanol–water partition coefficient (Wildman–Crippen LogP) is 4.11. The summed E-state index contributed by atoms with van der Waals surface area (Å²) in [5.74, 6) is 0.0124. The predicted molar refractivity (Wildman–Crippen MR) is 66.5 cm³/mol. The van der Waals surface area contributed by atoms with Gasteiger partial charge in [-0.1, -0.05) is 12.1 Å². The SMILES string of the molecule is OC(Cc1cccc(F)c1Br)c1ccc(Cl)o1. The van der Waals surface area contributed by atoms with Crippen LogP contribution in [0.15, 0.2) is 39.2 Å². The van der Waals surface area contributed by atoms with Gasteiger partial charge in [0.25, 0.3) is 0 Å². The zero-order valence-electron chi connectivity index (χ0n) is 8.66. The van der Waals surface area contributed by atoms with Crippen molar-refractivity contribution in [1.82, 2.24) is 0 Å². The van der Waals surface area contributed by atoms with Crippen LogP contribution < -0.4 is 0 Å². The number of hydrogen-bond acceptors (Lipinski definition) is 2. The number of aliphatic hydroxyl groups is 1. The minimum atomic E-state index is -0.847. The first-order valence-corrected chi connectivity index (χ1v) is 6.11. The molecular formula is C12H9BrClFO2. The maximum atomic E-state index is 13.3. The largest absolute Gasteiger partial charge is 0.447 e. The van der Waals surface area contributed by atoms with Crippen LogP contribution in [-0.2, 0) is 6.42 Å². The summed E-state index contributed by atoms with van der Waals surface area (Å²) in [5, 5.41) is 10.1. The van der Waals surface area contributed by atoms with Gasteiger partial charge in [-0.25, -0.2) is 4.39 Å². The van der Waals surface area contributed by atoms with Crippen molar-refractivity contribution in [2.24, 2.45) is 0 Å². The van der Waals surface area contributed by atoms with Gasteiger partial charge in [0.05, 0.1) is 4.47 Å². The van der Waals surface area contributed by atoms with E-state index in [0.29, 0.717) is 15.8 Å². The highest BCUT2D eigenvalue weighted by Gasteiger charge is 2.15. The van der Waals surface area contributed by atoms with Crippen molar-refractivity contribution in [2.75, 3.05) is 0 Å². The fraction of sp³-hybridized carbons (Fsp3) is 0.167. The van der Waals surface area contributed by atoms with Crippen molar-refractivity contribution in [3.63, 3.8) is 0 Å². The quantitative estimate of drug-likeness (QED) is 0.923. The van der Waals surface area contributed by atoms with E-state index in [1.165, 1.54) is 6.07 Å². The van der Waals surface area contributed by atoms with E-state index in [4.69, 9.17) is 16.0 Å². The van der Waals surface area contributed by atoms with Gasteiger partial charge in [-0.3, -0.25) is 0 Å². The lowest BCUT2D eigenvalue weighted by molar-refractivity contribution is 0.150. The van der Waals surface area contributed by atoms with Gasteiger partial charge < -0.3 is 9.52 Å². The fourth-order valence-corrected chi connectivity index (χ4v) is 2.10. The minimum absolute atomic E-state index is 0.220. The number of benzene rings is 1. The second-order valence-electron chi connectivity index (χ2n) is 3.57. The van der Waals surface area contributed by atoms with Crippen LogP contribution in [0.3, 0.4) is 0 Å². The lowest BCUT2D eigenvalue weighted by atomic mass is 10.1. The molecule has 0 aliphatic heterocycles. The molecule has 0 saturated carbocycles. The Kier molecular flexibility index (Phi) is 3.86. The molecule has 2 aromatic rings. The number of halogens is 3. The van der Waals surface area contributed by atoms with E-state index in [1.54, 1.807) is 24.3 Å². The summed E-state index contributed by atoms with van der Waals surface area (Å²) in [6.45, 7) is 0. The van der Waals surface area contributed by atoms with Gasteiger partial charge in [-0.2, -0.15) is 0 Å². The van der Waals surface area contributed by atoms with Crippen LogP contribution >= 0.6 is 27.5 Å². The molecule has 0 fully saturated rings. The molecule has 5 heteroatoms. The van der Waals surface area contributed by atoms with Gasteiger partial charge >= 0.3 is 0 Å². The third-order valence-electron chi connectivity index (χ3n) is 2.37. The summed E-state index contributed by atoms with van der Waals surface area (Å²) in [7, 11) is 0. The van der Waals surface area contributed by atoms with Crippen LogP contribution in [0, 0.1) is 5.82 Å². The summed E-state index contributed by atoms with van der Waals surface area (Å²) < 4.78 is 18.7. The Balaban J connectivity index is 2.18. The molecule has 0 aliphatic carbocycles. The summed E-state index contributed by atoms with van der Waals surface area (Å²) >= 11 is 8.76. The standard InChI is InChI=1S/C12H9BrClFO2/c13-12-7(2-1-3-8(12)15)6-9(16)10-4-5-11(14)17-10/h1-5,9,16H,6H2. The van der Waals surface area contributed by atoms with Crippen LogP contribution in [0.1, 0.15) is 17.4 Å². The summed E-state index contributed by atoms with van der Waals surface area (Å²) in [6, 6.07) is 7.84. The summed E-state index contributed by atoms with van der Waals surface area (Å²) in [6.07, 6.45) is -0.594. The monoisotopic (exact) mass is 318 g/mol. The molecule has 1 N–H and O–H groups in total. The van der Waals surface area contributed by atoms with Crippen LogP contribution in [-0.4, -0.2) is 5.11 Å². The first-order chi connectivity index (χ1) is 8.08. The Hall–Kier alpha value is -0.840. The zero-order chi connectivity index (χ0) is 12.4. The maximum Gasteiger partial charge on any atom is 0.193 e. The van der Waals surface area contributed by atoms with Crippen LogP contribution in [0.4, 0.5) is 4.39 Å². The van der Waals surface area contributed by atoms with Crippen LogP contribution in [0.2, 0.25) is 5.22 Å². The molecule has 0 spiro atoms. The van der Waals surface area contributed by atoms with Gasteiger partial charge in [0.2, 0.25) is 0 Å². The molecule has 0 amide bonds. The highest BCUT2D eigenvalue weighted by atomic mass is 79.9. The third-order valence-corrected chi connectivity index (χ3v) is 3.46. The summed E-state index contributed by atoms with van der Waals surface area (Å²) in [4.78, 5) is 0. The molecule has 90 valence electrons. The highest BCUT2D eigenvalue weighted by molar-refractivity contribution is 9.10. The molecule has 1 heterocycles. The van der Waals surface area contributed by atoms with E-state index < -0.39 is 6.10 Å². The molecule has 1 aromatic heterocycles. The zero-order valence-corrected chi connectivity index (χ0v) is 11.0. The van der Waals surface area contributed by atoms with Crippen LogP contribution in [0.5, 0.6) is 0 Å². The van der Waals surface area contributed by atoms with Crippen LogP contribution in [0.25, 0.3) is 0 Å². The Bertz CT molecular complexity index is 527. The fourth-order valence-electron chi connectivity index (χ4n) is 1.52. The summed E-state index contributed by atoms with van der Waals surface area (Å²) in [5.41, 5.74) is 0.671. The van der Waals surface area contributed by atoms with Gasteiger partial charge in [0.1, 0.15) is 17.7 Å². The van der Waals surface area contributed by atoms with Crippen molar-refractivity contribution in [3.05, 3.63) is 57.2 Å². The first kappa shape index (κ1) is 12.6. The second kappa shape index (κ2) is 5.21. The number of hydrogen-bond donors (Lipinski definition) is 1. The molecule has 1 atom stereocenters. The van der Waals surface area contributed by atoms with E-state index in [1.807, 2.05) is 0 Å². The Morgan fingerprint density at radius 2 is 2.12 bits per heavy atom. The molecular weight excluding hydrogens is 310 g/mol. The average molecular weight is 320 g/mol.